The van der Waals surface area contributed by atoms with Crippen LogP contribution in [0.15, 0.2) is 60.7 Å². The third kappa shape index (κ3) is 1.79. The quantitative estimate of drug-likeness (QED) is 0.884. The van der Waals surface area contributed by atoms with E-state index in [1.54, 1.807) is 0 Å². The molecule has 1 saturated heterocycles. The second-order valence-corrected chi connectivity index (χ2v) is 6.81. The van der Waals surface area contributed by atoms with E-state index in [1.165, 1.54) is 5.56 Å². The lowest BCUT2D eigenvalue weighted by Gasteiger charge is -2.41. The van der Waals surface area contributed by atoms with E-state index in [0.29, 0.717) is 0 Å². The van der Waals surface area contributed by atoms with E-state index in [4.69, 9.17) is 0 Å². The molecule has 2 aromatic carbocycles. The number of hydrogen-bond acceptors (Lipinski definition) is 2. The van der Waals surface area contributed by atoms with E-state index in [2.05, 4.69) is 42.6 Å². The lowest BCUT2D eigenvalue weighted by molar-refractivity contribution is -0.0446. The Morgan fingerprint density at radius 2 is 1.43 bits per heavy atom. The Morgan fingerprint density at radius 1 is 0.857 bits per heavy atom. The van der Waals surface area contributed by atoms with Crippen molar-refractivity contribution in [3.63, 3.8) is 0 Å². The van der Waals surface area contributed by atoms with Gasteiger partial charge < -0.3 is 5.11 Å². The Labute approximate surface area is 125 Å². The van der Waals surface area contributed by atoms with Crippen LogP contribution >= 0.6 is 0 Å². The first-order valence-electron chi connectivity index (χ1n) is 7.71. The third-order valence-electron chi connectivity index (χ3n) is 5.56. The Hall–Kier alpha value is -1.64. The second kappa shape index (κ2) is 4.19. The monoisotopic (exact) mass is 279 g/mol. The molecule has 108 valence electrons. The summed E-state index contributed by atoms with van der Waals surface area (Å²) in [7, 11) is 0. The van der Waals surface area contributed by atoms with Crippen LogP contribution in [0.3, 0.4) is 0 Å². The first kappa shape index (κ1) is 13.1. The highest BCUT2D eigenvalue weighted by Crippen LogP contribution is 2.64. The van der Waals surface area contributed by atoms with E-state index in [-0.39, 0.29) is 11.0 Å². The van der Waals surface area contributed by atoms with Gasteiger partial charge in [-0.25, -0.2) is 0 Å². The van der Waals surface area contributed by atoms with E-state index < -0.39 is 5.72 Å². The second-order valence-electron chi connectivity index (χ2n) is 6.81. The molecular weight excluding hydrogens is 258 g/mol. The fraction of sp³-hybridized carbons (Fsp3) is 0.368. The Kier molecular flexibility index (Phi) is 2.60. The fourth-order valence-electron chi connectivity index (χ4n) is 4.25. The first-order chi connectivity index (χ1) is 10.1. The molecule has 2 aliphatic rings. The van der Waals surface area contributed by atoms with Gasteiger partial charge >= 0.3 is 0 Å². The molecular formula is C19H21NO. The molecule has 2 aromatic rings. The summed E-state index contributed by atoms with van der Waals surface area (Å²) >= 11 is 0. The van der Waals surface area contributed by atoms with Crippen molar-refractivity contribution in [3.05, 3.63) is 71.8 Å². The van der Waals surface area contributed by atoms with Crippen molar-refractivity contribution in [2.45, 2.75) is 42.9 Å². The molecule has 1 aliphatic heterocycles. The van der Waals surface area contributed by atoms with Gasteiger partial charge in [-0.2, -0.15) is 0 Å². The van der Waals surface area contributed by atoms with Crippen molar-refractivity contribution in [2.24, 2.45) is 0 Å². The molecule has 4 rings (SSSR count). The summed E-state index contributed by atoms with van der Waals surface area (Å²) in [6, 6.07) is 20.7. The van der Waals surface area contributed by atoms with Crippen molar-refractivity contribution in [2.75, 3.05) is 0 Å². The molecule has 1 heterocycles. The zero-order valence-electron chi connectivity index (χ0n) is 12.3. The molecule has 1 aliphatic carbocycles. The van der Waals surface area contributed by atoms with Crippen molar-refractivity contribution in [1.82, 2.24) is 5.32 Å². The van der Waals surface area contributed by atoms with Gasteiger partial charge in [0.25, 0.3) is 0 Å². The minimum atomic E-state index is -0.898. The zero-order valence-corrected chi connectivity index (χ0v) is 12.3. The molecule has 2 N–H and O–H groups in total. The van der Waals surface area contributed by atoms with Crippen LogP contribution < -0.4 is 5.32 Å². The van der Waals surface area contributed by atoms with Crippen LogP contribution in [0.5, 0.6) is 0 Å². The standard InChI is InChI=1S/C19H21NO/c1-17-14-18(17,15-8-4-2-5-9-15)12-13-19(21,20-17)16-10-6-3-7-11-16/h2-11,20-21H,12-14H2,1H3. The Balaban J connectivity index is 1.66. The van der Waals surface area contributed by atoms with Crippen LogP contribution in [0.25, 0.3) is 0 Å². The van der Waals surface area contributed by atoms with Gasteiger partial charge in [-0.05, 0) is 37.3 Å². The smallest absolute Gasteiger partial charge is 0.142 e. The molecule has 0 aromatic heterocycles. The number of aliphatic hydroxyl groups is 1. The van der Waals surface area contributed by atoms with Gasteiger partial charge in [0.1, 0.15) is 5.72 Å². The van der Waals surface area contributed by atoms with Crippen LogP contribution in [-0.4, -0.2) is 10.6 Å². The lowest BCUT2D eigenvalue weighted by Crippen LogP contribution is -2.55. The largest absolute Gasteiger partial charge is 0.372 e. The fourth-order valence-corrected chi connectivity index (χ4v) is 4.25. The Morgan fingerprint density at radius 3 is 2.00 bits per heavy atom. The van der Waals surface area contributed by atoms with Gasteiger partial charge in [-0.3, -0.25) is 5.32 Å². The van der Waals surface area contributed by atoms with Crippen molar-refractivity contribution in [1.29, 1.82) is 0 Å². The minimum Gasteiger partial charge on any atom is -0.372 e. The van der Waals surface area contributed by atoms with Crippen molar-refractivity contribution >= 4 is 0 Å². The lowest BCUT2D eigenvalue weighted by atomic mass is 9.79. The van der Waals surface area contributed by atoms with Crippen LogP contribution in [0, 0.1) is 0 Å². The van der Waals surface area contributed by atoms with Gasteiger partial charge in [-0.15, -0.1) is 0 Å². The van der Waals surface area contributed by atoms with Gasteiger partial charge in [0.2, 0.25) is 0 Å². The molecule has 2 fully saturated rings. The SMILES string of the molecule is CC12CC1(c1ccccc1)CCC(O)(c1ccccc1)N2. The van der Waals surface area contributed by atoms with Gasteiger partial charge in [0, 0.05) is 11.0 Å². The number of hydrogen-bond donors (Lipinski definition) is 2. The highest BCUT2D eigenvalue weighted by molar-refractivity contribution is 5.44. The summed E-state index contributed by atoms with van der Waals surface area (Å²) in [5.41, 5.74) is 1.65. The molecule has 3 atom stereocenters. The maximum Gasteiger partial charge on any atom is 0.142 e. The predicted octanol–water partition coefficient (Wildman–Crippen LogP) is 3.32. The topological polar surface area (TPSA) is 32.3 Å². The number of benzene rings is 2. The van der Waals surface area contributed by atoms with E-state index in [0.717, 1.165) is 24.8 Å². The third-order valence-corrected chi connectivity index (χ3v) is 5.56. The summed E-state index contributed by atoms with van der Waals surface area (Å²) in [6.45, 7) is 2.24. The highest BCUT2D eigenvalue weighted by Gasteiger charge is 2.69. The maximum absolute atomic E-state index is 11.1. The normalized spacial score (nSPS) is 37.8. The molecule has 0 spiro atoms. The molecule has 21 heavy (non-hydrogen) atoms. The van der Waals surface area contributed by atoms with Crippen LogP contribution in [-0.2, 0) is 11.1 Å². The molecule has 0 bridgehead atoms. The summed E-state index contributed by atoms with van der Waals surface area (Å²) in [6.07, 6.45) is 2.87. The number of rotatable bonds is 2. The number of nitrogens with one attached hydrogen (secondary N) is 1. The molecule has 0 radical (unpaired) electrons. The Bertz CT molecular complexity index is 656. The molecule has 2 heteroatoms. The molecule has 3 unspecified atom stereocenters. The van der Waals surface area contributed by atoms with Crippen LogP contribution in [0.4, 0.5) is 0 Å². The van der Waals surface area contributed by atoms with E-state index >= 15 is 0 Å². The number of fused-ring (bicyclic) bond motifs is 1. The molecule has 0 amide bonds. The average molecular weight is 279 g/mol. The zero-order chi connectivity index (χ0) is 14.6. The van der Waals surface area contributed by atoms with Gasteiger partial charge in [0.15, 0.2) is 0 Å². The van der Waals surface area contributed by atoms with Crippen LogP contribution in [0.1, 0.15) is 37.3 Å². The van der Waals surface area contributed by atoms with Gasteiger partial charge in [0.05, 0.1) is 0 Å². The molecule has 2 nitrogen and oxygen atoms in total. The molecule has 1 saturated carbocycles. The van der Waals surface area contributed by atoms with Crippen molar-refractivity contribution in [3.8, 4) is 0 Å². The average Bonchev–Trinajstić information content (AvgIpc) is 3.15. The van der Waals surface area contributed by atoms with Gasteiger partial charge in [-0.1, -0.05) is 60.7 Å². The van der Waals surface area contributed by atoms with E-state index in [1.807, 2.05) is 30.3 Å². The van der Waals surface area contributed by atoms with E-state index in [9.17, 15) is 5.11 Å². The summed E-state index contributed by atoms with van der Waals surface area (Å²) in [5, 5.41) is 14.6. The maximum atomic E-state index is 11.1. The predicted molar refractivity (Wildman–Crippen MR) is 83.9 cm³/mol. The first-order valence-corrected chi connectivity index (χ1v) is 7.71. The minimum absolute atomic E-state index is 0.0167. The summed E-state index contributed by atoms with van der Waals surface area (Å²) in [5.74, 6) is 0. The highest BCUT2D eigenvalue weighted by atomic mass is 16.3. The number of piperidine rings is 1. The summed E-state index contributed by atoms with van der Waals surface area (Å²) in [4.78, 5) is 0. The van der Waals surface area contributed by atoms with Crippen molar-refractivity contribution < 1.29 is 5.11 Å². The summed E-state index contributed by atoms with van der Waals surface area (Å²) < 4.78 is 0. The van der Waals surface area contributed by atoms with Crippen LogP contribution in [0.2, 0.25) is 0 Å².